The van der Waals surface area contributed by atoms with Gasteiger partial charge in [-0.1, -0.05) is 18.2 Å². The Bertz CT molecular complexity index is 510. The average molecular weight is 305 g/mol. The zero-order valence-electron chi connectivity index (χ0n) is 13.1. The molecular weight excluding hydrogens is 281 g/mol. The number of nitrogens with zero attached hydrogens (tertiary/aromatic N) is 2. The van der Waals surface area contributed by atoms with E-state index in [4.69, 9.17) is 0 Å². The molecule has 0 saturated carbocycles. The Morgan fingerprint density at radius 3 is 2.73 bits per heavy atom. The minimum atomic E-state index is -0.318. The summed E-state index contributed by atoms with van der Waals surface area (Å²) in [6.07, 6.45) is 3.82. The summed E-state index contributed by atoms with van der Waals surface area (Å²) < 4.78 is 13.4. The second-order valence-corrected chi connectivity index (χ2v) is 5.64. The zero-order chi connectivity index (χ0) is 15.8. The van der Waals surface area contributed by atoms with Gasteiger partial charge in [0.15, 0.2) is 0 Å². The van der Waals surface area contributed by atoms with Crippen LogP contribution in [0.1, 0.15) is 12.0 Å². The smallest absolute Gasteiger partial charge is 0.244 e. The Hall–Kier alpha value is -1.72. The topological polar surface area (TPSA) is 35.6 Å². The number of carbonyl (C=O) groups excluding carboxylic acids is 1. The van der Waals surface area contributed by atoms with Crippen molar-refractivity contribution < 1.29 is 9.18 Å². The number of benzene rings is 1. The van der Waals surface area contributed by atoms with Crippen LogP contribution >= 0.6 is 0 Å². The molecule has 0 aliphatic carbocycles. The van der Waals surface area contributed by atoms with E-state index in [1.165, 1.54) is 18.2 Å². The second-order valence-electron chi connectivity index (χ2n) is 5.64. The molecule has 1 aromatic rings. The summed E-state index contributed by atoms with van der Waals surface area (Å²) in [7, 11) is 2.14. The lowest BCUT2D eigenvalue weighted by Crippen LogP contribution is -2.45. The normalized spacial score (nSPS) is 17.0. The summed E-state index contributed by atoms with van der Waals surface area (Å²) in [5, 5.41) is 2.84. The third kappa shape index (κ3) is 5.58. The van der Waals surface area contributed by atoms with Crippen molar-refractivity contribution in [2.75, 3.05) is 46.3 Å². The zero-order valence-corrected chi connectivity index (χ0v) is 13.1. The van der Waals surface area contributed by atoms with Gasteiger partial charge in [-0.25, -0.2) is 4.39 Å². The molecule has 0 radical (unpaired) electrons. The number of carbonyl (C=O) groups is 1. The maximum Gasteiger partial charge on any atom is 0.244 e. The molecule has 2 rings (SSSR count). The first-order chi connectivity index (χ1) is 10.6. The van der Waals surface area contributed by atoms with Gasteiger partial charge < -0.3 is 15.1 Å². The third-order valence-electron chi connectivity index (χ3n) is 3.87. The third-order valence-corrected chi connectivity index (χ3v) is 3.87. The predicted octanol–water partition coefficient (Wildman–Crippen LogP) is 1.59. The van der Waals surface area contributed by atoms with Crippen molar-refractivity contribution in [1.82, 2.24) is 15.1 Å². The van der Waals surface area contributed by atoms with Crippen LogP contribution in [0.2, 0.25) is 0 Å². The van der Waals surface area contributed by atoms with Crippen LogP contribution in [-0.2, 0) is 4.79 Å². The van der Waals surface area contributed by atoms with Gasteiger partial charge in [0, 0.05) is 44.4 Å². The summed E-state index contributed by atoms with van der Waals surface area (Å²) >= 11 is 0. The van der Waals surface area contributed by atoms with Crippen molar-refractivity contribution in [2.45, 2.75) is 6.42 Å². The highest BCUT2D eigenvalue weighted by Gasteiger charge is 2.12. The molecule has 1 aliphatic rings. The van der Waals surface area contributed by atoms with Crippen LogP contribution in [0.5, 0.6) is 0 Å². The Labute approximate surface area is 131 Å². The number of hydrogen-bond acceptors (Lipinski definition) is 3. The van der Waals surface area contributed by atoms with E-state index in [0.717, 1.165) is 39.1 Å². The molecule has 1 amide bonds. The molecule has 1 aromatic carbocycles. The van der Waals surface area contributed by atoms with Crippen LogP contribution in [-0.4, -0.2) is 62.0 Å². The van der Waals surface area contributed by atoms with Gasteiger partial charge in [-0.15, -0.1) is 0 Å². The van der Waals surface area contributed by atoms with Crippen LogP contribution in [0.3, 0.4) is 0 Å². The fraction of sp³-hybridized carbons (Fsp3) is 0.471. The first kappa shape index (κ1) is 16.6. The Morgan fingerprint density at radius 2 is 2.00 bits per heavy atom. The van der Waals surface area contributed by atoms with Gasteiger partial charge >= 0.3 is 0 Å². The summed E-state index contributed by atoms with van der Waals surface area (Å²) in [6, 6.07) is 6.40. The van der Waals surface area contributed by atoms with E-state index in [1.54, 1.807) is 18.2 Å². The summed E-state index contributed by atoms with van der Waals surface area (Å²) in [4.78, 5) is 16.4. The number of halogens is 1. The molecule has 4 nitrogen and oxygen atoms in total. The van der Waals surface area contributed by atoms with Gasteiger partial charge in [-0.05, 0) is 32.2 Å². The molecule has 0 unspecified atom stereocenters. The van der Waals surface area contributed by atoms with Gasteiger partial charge in [-0.3, -0.25) is 4.79 Å². The fourth-order valence-electron chi connectivity index (χ4n) is 2.42. The van der Waals surface area contributed by atoms with Crippen LogP contribution in [0, 0.1) is 5.82 Å². The molecule has 0 spiro atoms. The highest BCUT2D eigenvalue weighted by Crippen LogP contribution is 2.07. The maximum atomic E-state index is 13.4. The van der Waals surface area contributed by atoms with Crippen molar-refractivity contribution in [3.63, 3.8) is 0 Å². The van der Waals surface area contributed by atoms with Gasteiger partial charge in [0.25, 0.3) is 0 Å². The van der Waals surface area contributed by atoms with Crippen molar-refractivity contribution in [2.24, 2.45) is 0 Å². The standard InChI is InChI=1S/C17H24FN3O/c1-20-11-13-21(14-12-20)10-4-9-19-17(22)8-7-15-5-2-3-6-16(15)18/h2-3,5-8H,4,9-14H2,1H3,(H,19,22). The van der Waals surface area contributed by atoms with E-state index in [1.807, 2.05) is 0 Å². The van der Waals surface area contributed by atoms with E-state index < -0.39 is 0 Å². The lowest BCUT2D eigenvalue weighted by molar-refractivity contribution is -0.116. The molecule has 0 aromatic heterocycles. The van der Waals surface area contributed by atoms with E-state index >= 15 is 0 Å². The molecule has 0 atom stereocenters. The van der Waals surface area contributed by atoms with Crippen molar-refractivity contribution >= 4 is 12.0 Å². The van der Waals surface area contributed by atoms with Crippen molar-refractivity contribution in [1.29, 1.82) is 0 Å². The Morgan fingerprint density at radius 1 is 1.27 bits per heavy atom. The SMILES string of the molecule is CN1CCN(CCCNC(=O)C=Cc2ccccc2F)CC1. The van der Waals surface area contributed by atoms with Crippen LogP contribution in [0.25, 0.3) is 6.08 Å². The molecule has 0 bridgehead atoms. The molecule has 1 aliphatic heterocycles. The molecule has 1 saturated heterocycles. The summed E-state index contributed by atoms with van der Waals surface area (Å²) in [5.41, 5.74) is 0.426. The quantitative estimate of drug-likeness (QED) is 0.640. The van der Waals surface area contributed by atoms with Crippen molar-refractivity contribution in [3.8, 4) is 0 Å². The van der Waals surface area contributed by atoms with Gasteiger partial charge in [-0.2, -0.15) is 0 Å². The average Bonchev–Trinajstić information content (AvgIpc) is 2.52. The molecule has 22 heavy (non-hydrogen) atoms. The number of rotatable bonds is 6. The number of likely N-dealkylation sites (N-methyl/N-ethyl adjacent to an activating group) is 1. The van der Waals surface area contributed by atoms with Crippen LogP contribution in [0.15, 0.2) is 30.3 Å². The number of hydrogen-bond donors (Lipinski definition) is 1. The molecular formula is C17H24FN3O. The monoisotopic (exact) mass is 305 g/mol. The lowest BCUT2D eigenvalue weighted by atomic mass is 10.2. The van der Waals surface area contributed by atoms with Crippen LogP contribution in [0.4, 0.5) is 4.39 Å². The molecule has 1 N–H and O–H groups in total. The first-order valence-corrected chi connectivity index (χ1v) is 7.76. The summed E-state index contributed by atoms with van der Waals surface area (Å²) in [5.74, 6) is -0.497. The summed E-state index contributed by atoms with van der Waals surface area (Å²) in [6.45, 7) is 6.06. The Balaban J connectivity index is 1.63. The van der Waals surface area contributed by atoms with Crippen molar-refractivity contribution in [3.05, 3.63) is 41.7 Å². The minimum Gasteiger partial charge on any atom is -0.353 e. The number of nitrogens with one attached hydrogen (secondary N) is 1. The molecule has 1 fully saturated rings. The first-order valence-electron chi connectivity index (χ1n) is 7.76. The number of amides is 1. The molecule has 1 heterocycles. The highest BCUT2D eigenvalue weighted by atomic mass is 19.1. The molecule has 120 valence electrons. The van der Waals surface area contributed by atoms with Gasteiger partial charge in [0.2, 0.25) is 5.91 Å². The maximum absolute atomic E-state index is 13.4. The van der Waals surface area contributed by atoms with E-state index in [-0.39, 0.29) is 11.7 Å². The second kappa shape index (κ2) is 8.66. The van der Waals surface area contributed by atoms with E-state index in [0.29, 0.717) is 12.1 Å². The lowest BCUT2D eigenvalue weighted by Gasteiger charge is -2.32. The fourth-order valence-corrected chi connectivity index (χ4v) is 2.42. The van der Waals surface area contributed by atoms with Gasteiger partial charge in [0.05, 0.1) is 0 Å². The molecule has 5 heteroatoms. The van der Waals surface area contributed by atoms with E-state index in [2.05, 4.69) is 22.2 Å². The largest absolute Gasteiger partial charge is 0.353 e. The Kier molecular flexibility index (Phi) is 6.55. The highest BCUT2D eigenvalue weighted by molar-refractivity contribution is 5.91. The minimum absolute atomic E-state index is 0.179. The van der Waals surface area contributed by atoms with Gasteiger partial charge in [0.1, 0.15) is 5.82 Å². The van der Waals surface area contributed by atoms with Crippen LogP contribution < -0.4 is 5.32 Å². The number of piperazine rings is 1. The van der Waals surface area contributed by atoms with E-state index in [9.17, 15) is 9.18 Å². The predicted molar refractivity (Wildman–Crippen MR) is 87.0 cm³/mol.